The van der Waals surface area contributed by atoms with Gasteiger partial charge in [-0.05, 0) is 25.7 Å². The summed E-state index contributed by atoms with van der Waals surface area (Å²) in [5, 5.41) is 0. The zero-order chi connectivity index (χ0) is 9.71. The van der Waals surface area contributed by atoms with Crippen LogP contribution >= 0.6 is 0 Å². The van der Waals surface area contributed by atoms with Crippen LogP contribution in [0.5, 0.6) is 0 Å². The van der Waals surface area contributed by atoms with Crippen LogP contribution in [0.1, 0.15) is 24.0 Å². The third-order valence-electron chi connectivity index (χ3n) is 3.29. The molecule has 0 saturated heterocycles. The second-order valence-electron chi connectivity index (χ2n) is 4.06. The maximum Gasteiger partial charge on any atom is 0.229 e. The molecule has 1 aromatic carbocycles. The van der Waals surface area contributed by atoms with Crippen LogP contribution in [-0.4, -0.2) is 0 Å². The van der Waals surface area contributed by atoms with Crippen molar-refractivity contribution in [1.29, 1.82) is 0 Å². The highest BCUT2D eigenvalue weighted by Gasteiger charge is 2.27. The SMILES string of the molecule is O=c1c2c(c1=O)CC1=C(CC=CC1)C2. The third-order valence-corrected chi connectivity index (χ3v) is 3.29. The second kappa shape index (κ2) is 2.53. The predicted octanol–water partition coefficient (Wildman–Crippen LogP) is 1.03. The minimum atomic E-state index is -0.235. The number of fused-ring (bicyclic) bond motifs is 1. The predicted molar refractivity (Wildman–Crippen MR) is 54.2 cm³/mol. The molecule has 0 spiro atoms. The standard InChI is InChI=1S/C12H10O2/c13-11-9-5-7-3-1-2-4-8(7)6-10(9)12(11)14/h1-2H,3-6H2. The van der Waals surface area contributed by atoms with E-state index in [1.807, 2.05) is 0 Å². The molecule has 2 nitrogen and oxygen atoms in total. The number of allylic oxidation sites excluding steroid dienone is 4. The van der Waals surface area contributed by atoms with Crippen LogP contribution in [-0.2, 0) is 12.8 Å². The lowest BCUT2D eigenvalue weighted by Crippen LogP contribution is -2.42. The van der Waals surface area contributed by atoms with Crippen molar-refractivity contribution in [3.05, 3.63) is 54.9 Å². The quantitative estimate of drug-likeness (QED) is 0.448. The van der Waals surface area contributed by atoms with E-state index in [2.05, 4.69) is 12.2 Å². The highest BCUT2D eigenvalue weighted by Crippen LogP contribution is 2.30. The van der Waals surface area contributed by atoms with Gasteiger partial charge in [-0.2, -0.15) is 0 Å². The van der Waals surface area contributed by atoms with E-state index in [4.69, 9.17) is 0 Å². The molecule has 14 heavy (non-hydrogen) atoms. The first kappa shape index (κ1) is 7.92. The van der Waals surface area contributed by atoms with E-state index in [1.54, 1.807) is 0 Å². The van der Waals surface area contributed by atoms with Crippen LogP contribution in [0.3, 0.4) is 0 Å². The zero-order valence-corrected chi connectivity index (χ0v) is 7.80. The fraction of sp³-hybridized carbons (Fsp3) is 0.333. The Morgan fingerprint density at radius 2 is 1.21 bits per heavy atom. The minimum Gasteiger partial charge on any atom is -0.285 e. The molecule has 0 radical (unpaired) electrons. The van der Waals surface area contributed by atoms with Crippen molar-refractivity contribution in [2.24, 2.45) is 0 Å². The van der Waals surface area contributed by atoms with Gasteiger partial charge in [-0.3, -0.25) is 9.59 Å². The monoisotopic (exact) mass is 186 g/mol. The van der Waals surface area contributed by atoms with Gasteiger partial charge in [-0.15, -0.1) is 0 Å². The summed E-state index contributed by atoms with van der Waals surface area (Å²) in [4.78, 5) is 22.4. The van der Waals surface area contributed by atoms with Gasteiger partial charge in [0, 0.05) is 11.1 Å². The molecule has 0 unspecified atom stereocenters. The van der Waals surface area contributed by atoms with Gasteiger partial charge in [-0.25, -0.2) is 0 Å². The number of hydrogen-bond donors (Lipinski definition) is 0. The first-order valence-electron chi connectivity index (χ1n) is 4.93. The van der Waals surface area contributed by atoms with Crippen molar-refractivity contribution >= 4 is 0 Å². The van der Waals surface area contributed by atoms with Gasteiger partial charge in [0.2, 0.25) is 10.9 Å². The molecular formula is C12H10O2. The summed E-state index contributed by atoms with van der Waals surface area (Å²) in [7, 11) is 0. The van der Waals surface area contributed by atoms with E-state index in [9.17, 15) is 9.59 Å². The Hall–Kier alpha value is -1.44. The smallest absolute Gasteiger partial charge is 0.229 e. The van der Waals surface area contributed by atoms with E-state index in [0.717, 1.165) is 36.8 Å². The van der Waals surface area contributed by atoms with Crippen molar-refractivity contribution in [3.8, 4) is 0 Å². The molecule has 2 aliphatic rings. The molecule has 0 aliphatic heterocycles. The van der Waals surface area contributed by atoms with Gasteiger partial charge in [0.05, 0.1) is 0 Å². The van der Waals surface area contributed by atoms with Gasteiger partial charge < -0.3 is 0 Å². The summed E-state index contributed by atoms with van der Waals surface area (Å²) >= 11 is 0. The fourth-order valence-electron chi connectivity index (χ4n) is 2.42. The van der Waals surface area contributed by atoms with Crippen LogP contribution in [0.25, 0.3) is 0 Å². The van der Waals surface area contributed by atoms with Crippen molar-refractivity contribution in [1.82, 2.24) is 0 Å². The molecule has 0 fully saturated rings. The van der Waals surface area contributed by atoms with E-state index >= 15 is 0 Å². The van der Waals surface area contributed by atoms with E-state index in [1.165, 1.54) is 11.1 Å². The Labute approximate surface area is 81.3 Å². The lowest BCUT2D eigenvalue weighted by molar-refractivity contribution is 0.836. The molecule has 1 aromatic rings. The first-order valence-corrected chi connectivity index (χ1v) is 4.93. The molecular weight excluding hydrogens is 176 g/mol. The third kappa shape index (κ3) is 0.857. The Balaban J connectivity index is 2.05. The van der Waals surface area contributed by atoms with Gasteiger partial charge in [0.1, 0.15) is 0 Å². The van der Waals surface area contributed by atoms with Crippen molar-refractivity contribution in [2.75, 3.05) is 0 Å². The summed E-state index contributed by atoms with van der Waals surface area (Å²) in [6, 6.07) is 0. The topological polar surface area (TPSA) is 34.1 Å². The van der Waals surface area contributed by atoms with Crippen molar-refractivity contribution in [3.63, 3.8) is 0 Å². The molecule has 3 rings (SSSR count). The normalized spacial score (nSPS) is 19.7. The summed E-state index contributed by atoms with van der Waals surface area (Å²) in [6.07, 6.45) is 7.70. The minimum absolute atomic E-state index is 0.235. The molecule has 0 atom stereocenters. The van der Waals surface area contributed by atoms with E-state index in [0.29, 0.717) is 0 Å². The zero-order valence-electron chi connectivity index (χ0n) is 7.80. The molecule has 70 valence electrons. The molecule has 2 aliphatic carbocycles. The van der Waals surface area contributed by atoms with E-state index < -0.39 is 0 Å². The molecule has 2 heteroatoms. The van der Waals surface area contributed by atoms with Gasteiger partial charge in [0.15, 0.2) is 0 Å². The van der Waals surface area contributed by atoms with Crippen molar-refractivity contribution < 1.29 is 0 Å². The molecule has 0 amide bonds. The Kier molecular flexibility index (Phi) is 1.43. The summed E-state index contributed by atoms with van der Waals surface area (Å²) < 4.78 is 0. The molecule has 0 aromatic heterocycles. The largest absolute Gasteiger partial charge is 0.285 e. The van der Waals surface area contributed by atoms with Crippen molar-refractivity contribution in [2.45, 2.75) is 25.7 Å². The average Bonchev–Trinajstić information content (AvgIpc) is 2.26. The molecule has 0 bridgehead atoms. The first-order chi connectivity index (χ1) is 6.77. The second-order valence-corrected chi connectivity index (χ2v) is 4.06. The lowest BCUT2D eigenvalue weighted by atomic mass is 9.78. The van der Waals surface area contributed by atoms with E-state index in [-0.39, 0.29) is 10.9 Å². The number of rotatable bonds is 0. The maximum absolute atomic E-state index is 11.2. The van der Waals surface area contributed by atoms with Crippen LogP contribution in [0.2, 0.25) is 0 Å². The van der Waals surface area contributed by atoms with Gasteiger partial charge in [0.25, 0.3) is 0 Å². The lowest BCUT2D eigenvalue weighted by Gasteiger charge is -2.24. The highest BCUT2D eigenvalue weighted by molar-refractivity contribution is 5.46. The molecule has 0 heterocycles. The summed E-state index contributed by atoms with van der Waals surface area (Å²) in [5.41, 5.74) is 3.86. The summed E-state index contributed by atoms with van der Waals surface area (Å²) in [5.74, 6) is 0. The average molecular weight is 186 g/mol. The molecule has 0 N–H and O–H groups in total. The Morgan fingerprint density at radius 1 is 0.786 bits per heavy atom. The van der Waals surface area contributed by atoms with Crippen LogP contribution in [0.15, 0.2) is 32.9 Å². The van der Waals surface area contributed by atoms with Gasteiger partial charge in [-0.1, -0.05) is 23.3 Å². The Bertz CT molecular complexity index is 489. The highest BCUT2D eigenvalue weighted by atomic mass is 16.2. The van der Waals surface area contributed by atoms with Gasteiger partial charge >= 0.3 is 0 Å². The van der Waals surface area contributed by atoms with Crippen LogP contribution in [0, 0.1) is 0 Å². The fourth-order valence-corrected chi connectivity index (χ4v) is 2.42. The van der Waals surface area contributed by atoms with Crippen LogP contribution in [0.4, 0.5) is 0 Å². The molecule has 0 saturated carbocycles. The number of hydrogen-bond acceptors (Lipinski definition) is 2. The maximum atomic E-state index is 11.2. The van der Waals surface area contributed by atoms with Crippen LogP contribution < -0.4 is 10.9 Å². The summed E-state index contributed by atoms with van der Waals surface area (Å²) in [6.45, 7) is 0. The Morgan fingerprint density at radius 3 is 1.64 bits per heavy atom.